The SMILES string of the molecule is O=C1N[C@@H]2[C@@H](O1)[C@@H](O)[C@@H](O)[C@H](OCc1ccccc1)[C@H]2OCc1ccccc1. The standard InChI is InChI=1S/C21H23NO6/c23-16-17(24)20(27-12-14-9-5-2-6-10-14)19(15-18(16)28-21(25)22-15)26-11-13-7-3-1-4-8-13/h1-10,15-20,23-24H,11-12H2,(H,22,25)/t15-,16+,17-,18-,19+,20+/m1/s1. The molecule has 1 heterocycles. The average Bonchev–Trinajstić information content (AvgIpc) is 3.12. The number of nitrogens with one attached hydrogen (secondary N) is 1. The number of benzene rings is 2. The predicted molar refractivity (Wildman–Crippen MR) is 99.2 cm³/mol. The lowest BCUT2D eigenvalue weighted by atomic mass is 9.83. The highest BCUT2D eigenvalue weighted by Gasteiger charge is 2.56. The number of alkyl carbamates (subject to hydrolysis) is 1. The molecule has 1 saturated heterocycles. The lowest BCUT2D eigenvalue weighted by Crippen LogP contribution is -2.66. The van der Waals surface area contributed by atoms with Crippen LogP contribution in [0.2, 0.25) is 0 Å². The van der Waals surface area contributed by atoms with E-state index >= 15 is 0 Å². The van der Waals surface area contributed by atoms with Gasteiger partial charge in [0, 0.05) is 0 Å². The monoisotopic (exact) mass is 385 g/mol. The van der Waals surface area contributed by atoms with Crippen LogP contribution in [0.5, 0.6) is 0 Å². The summed E-state index contributed by atoms with van der Waals surface area (Å²) in [7, 11) is 0. The van der Waals surface area contributed by atoms with Crippen molar-refractivity contribution >= 4 is 6.09 Å². The molecule has 4 rings (SSSR count). The Morgan fingerprint density at radius 1 is 0.821 bits per heavy atom. The van der Waals surface area contributed by atoms with Crippen LogP contribution in [0.3, 0.4) is 0 Å². The number of carbonyl (C=O) groups excluding carboxylic acids is 1. The molecule has 6 atom stereocenters. The molecule has 7 heteroatoms. The fourth-order valence-electron chi connectivity index (χ4n) is 3.71. The van der Waals surface area contributed by atoms with Crippen molar-refractivity contribution in [2.45, 2.75) is 49.8 Å². The zero-order chi connectivity index (χ0) is 19.5. The molecule has 0 spiro atoms. The van der Waals surface area contributed by atoms with Gasteiger partial charge in [-0.05, 0) is 11.1 Å². The van der Waals surface area contributed by atoms with Gasteiger partial charge < -0.3 is 29.7 Å². The second-order valence-corrected chi connectivity index (χ2v) is 7.04. The minimum Gasteiger partial charge on any atom is -0.441 e. The first-order chi connectivity index (χ1) is 13.6. The van der Waals surface area contributed by atoms with E-state index < -0.39 is 42.7 Å². The number of ether oxygens (including phenoxy) is 3. The van der Waals surface area contributed by atoms with Gasteiger partial charge in [-0.1, -0.05) is 60.7 Å². The molecule has 2 aromatic carbocycles. The maximum Gasteiger partial charge on any atom is 0.408 e. The highest BCUT2D eigenvalue weighted by Crippen LogP contribution is 2.32. The minimum atomic E-state index is -1.26. The van der Waals surface area contributed by atoms with Crippen LogP contribution in [0, 0.1) is 0 Å². The van der Waals surface area contributed by atoms with Gasteiger partial charge in [-0.3, -0.25) is 0 Å². The third-order valence-electron chi connectivity index (χ3n) is 5.15. The number of aliphatic hydroxyl groups is 2. The van der Waals surface area contributed by atoms with Crippen LogP contribution in [0.1, 0.15) is 11.1 Å². The Morgan fingerprint density at radius 3 is 1.93 bits per heavy atom. The normalized spacial score (nSPS) is 31.7. The number of rotatable bonds is 6. The van der Waals surface area contributed by atoms with Crippen LogP contribution in [0.4, 0.5) is 4.79 Å². The topological polar surface area (TPSA) is 97.3 Å². The van der Waals surface area contributed by atoms with Crippen LogP contribution in [-0.2, 0) is 27.4 Å². The van der Waals surface area contributed by atoms with Crippen molar-refractivity contribution in [2.75, 3.05) is 0 Å². The number of carbonyl (C=O) groups is 1. The van der Waals surface area contributed by atoms with Crippen molar-refractivity contribution in [3.05, 3.63) is 71.8 Å². The summed E-state index contributed by atoms with van der Waals surface area (Å²) in [6, 6.07) is 18.5. The first-order valence-electron chi connectivity index (χ1n) is 9.28. The fraction of sp³-hybridized carbons (Fsp3) is 0.381. The summed E-state index contributed by atoms with van der Waals surface area (Å²) in [5.41, 5.74) is 1.88. The molecule has 0 radical (unpaired) electrons. The van der Waals surface area contributed by atoms with E-state index in [4.69, 9.17) is 14.2 Å². The Kier molecular flexibility index (Phi) is 5.59. The summed E-state index contributed by atoms with van der Waals surface area (Å²) < 4.78 is 17.2. The number of hydrogen-bond acceptors (Lipinski definition) is 6. The molecule has 0 bridgehead atoms. The van der Waals surface area contributed by atoms with E-state index in [2.05, 4.69) is 5.32 Å². The van der Waals surface area contributed by atoms with Crippen LogP contribution in [0.15, 0.2) is 60.7 Å². The Labute approximate surface area is 162 Å². The largest absolute Gasteiger partial charge is 0.441 e. The summed E-state index contributed by atoms with van der Waals surface area (Å²) >= 11 is 0. The molecular weight excluding hydrogens is 362 g/mol. The number of amides is 1. The van der Waals surface area contributed by atoms with E-state index in [1.54, 1.807) is 0 Å². The Balaban J connectivity index is 1.53. The van der Waals surface area contributed by atoms with Gasteiger partial charge in [-0.15, -0.1) is 0 Å². The third kappa shape index (κ3) is 3.88. The molecule has 7 nitrogen and oxygen atoms in total. The number of fused-ring (bicyclic) bond motifs is 1. The summed E-state index contributed by atoms with van der Waals surface area (Å²) in [5, 5.41) is 23.8. The summed E-state index contributed by atoms with van der Waals surface area (Å²) in [6.07, 6.45) is -5.56. The van der Waals surface area contributed by atoms with Crippen molar-refractivity contribution in [1.29, 1.82) is 0 Å². The second-order valence-electron chi connectivity index (χ2n) is 7.04. The van der Waals surface area contributed by atoms with Crippen LogP contribution >= 0.6 is 0 Å². The van der Waals surface area contributed by atoms with Crippen molar-refractivity contribution in [3.8, 4) is 0 Å². The van der Waals surface area contributed by atoms with Gasteiger partial charge in [-0.2, -0.15) is 0 Å². The zero-order valence-electron chi connectivity index (χ0n) is 15.2. The van der Waals surface area contributed by atoms with Crippen LogP contribution in [-0.4, -0.2) is 52.9 Å². The summed E-state index contributed by atoms with van der Waals surface area (Å²) in [6.45, 7) is 0.519. The molecule has 2 aliphatic rings. The molecule has 1 aliphatic carbocycles. The molecule has 1 amide bonds. The molecule has 3 N–H and O–H groups in total. The van der Waals surface area contributed by atoms with Gasteiger partial charge in [0.2, 0.25) is 0 Å². The van der Waals surface area contributed by atoms with E-state index in [0.717, 1.165) is 11.1 Å². The Morgan fingerprint density at radius 2 is 1.36 bits per heavy atom. The Bertz CT molecular complexity index is 786. The molecule has 148 valence electrons. The van der Waals surface area contributed by atoms with Crippen molar-refractivity contribution < 1.29 is 29.2 Å². The van der Waals surface area contributed by atoms with E-state index in [1.807, 2.05) is 60.7 Å². The fourth-order valence-corrected chi connectivity index (χ4v) is 3.71. The van der Waals surface area contributed by atoms with E-state index in [-0.39, 0.29) is 13.2 Å². The molecule has 2 fully saturated rings. The summed E-state index contributed by atoms with van der Waals surface area (Å²) in [5.74, 6) is 0. The van der Waals surface area contributed by atoms with Crippen molar-refractivity contribution in [2.24, 2.45) is 0 Å². The highest BCUT2D eigenvalue weighted by molar-refractivity contribution is 5.70. The number of hydrogen-bond donors (Lipinski definition) is 3. The van der Waals surface area contributed by atoms with Gasteiger partial charge in [0.25, 0.3) is 0 Å². The second kappa shape index (κ2) is 8.28. The van der Waals surface area contributed by atoms with Gasteiger partial charge in [-0.25, -0.2) is 4.79 Å². The highest BCUT2D eigenvalue weighted by atomic mass is 16.6. The minimum absolute atomic E-state index is 0.243. The van der Waals surface area contributed by atoms with E-state index in [1.165, 1.54) is 0 Å². The van der Waals surface area contributed by atoms with Crippen LogP contribution in [0.25, 0.3) is 0 Å². The molecule has 28 heavy (non-hydrogen) atoms. The van der Waals surface area contributed by atoms with E-state index in [9.17, 15) is 15.0 Å². The van der Waals surface area contributed by atoms with Gasteiger partial charge in [0.05, 0.1) is 13.2 Å². The van der Waals surface area contributed by atoms with E-state index in [0.29, 0.717) is 0 Å². The third-order valence-corrected chi connectivity index (χ3v) is 5.15. The van der Waals surface area contributed by atoms with Gasteiger partial charge >= 0.3 is 6.09 Å². The molecule has 0 aromatic heterocycles. The predicted octanol–water partition coefficient (Wildman–Crippen LogP) is 1.37. The number of aliphatic hydroxyl groups excluding tert-OH is 2. The molecule has 0 unspecified atom stereocenters. The van der Waals surface area contributed by atoms with Crippen LogP contribution < -0.4 is 5.32 Å². The smallest absolute Gasteiger partial charge is 0.408 e. The van der Waals surface area contributed by atoms with Gasteiger partial charge in [0.15, 0.2) is 6.10 Å². The molecule has 1 aliphatic heterocycles. The van der Waals surface area contributed by atoms with Crippen molar-refractivity contribution in [3.63, 3.8) is 0 Å². The zero-order valence-corrected chi connectivity index (χ0v) is 15.2. The quantitative estimate of drug-likeness (QED) is 0.695. The average molecular weight is 385 g/mol. The van der Waals surface area contributed by atoms with Gasteiger partial charge in [0.1, 0.15) is 30.5 Å². The first kappa shape index (κ1) is 18.9. The maximum absolute atomic E-state index is 11.7. The lowest BCUT2D eigenvalue weighted by molar-refractivity contribution is -0.211. The van der Waals surface area contributed by atoms with Crippen molar-refractivity contribution in [1.82, 2.24) is 5.32 Å². The lowest BCUT2D eigenvalue weighted by Gasteiger charge is -2.43. The molecule has 1 saturated carbocycles. The molecular formula is C21H23NO6. The Hall–Kier alpha value is -2.45. The molecule has 2 aromatic rings. The maximum atomic E-state index is 11.7. The first-order valence-corrected chi connectivity index (χ1v) is 9.28. The summed E-state index contributed by atoms with van der Waals surface area (Å²) in [4.78, 5) is 11.7.